The van der Waals surface area contributed by atoms with Gasteiger partial charge in [0.25, 0.3) is 15.9 Å². The molecule has 1 aliphatic carbocycles. The van der Waals surface area contributed by atoms with Crippen molar-refractivity contribution in [1.29, 1.82) is 0 Å². The summed E-state index contributed by atoms with van der Waals surface area (Å²) in [6.45, 7) is 0.221. The van der Waals surface area contributed by atoms with Gasteiger partial charge in [-0.15, -0.1) is 0 Å². The topological polar surface area (TPSA) is 97.6 Å². The predicted octanol–water partition coefficient (Wildman–Crippen LogP) is 3.58. The first-order valence-corrected chi connectivity index (χ1v) is 10.8. The molecule has 1 saturated carbocycles. The second-order valence-corrected chi connectivity index (χ2v) is 8.54. The Morgan fingerprint density at radius 2 is 1.63 bits per heavy atom. The van der Waals surface area contributed by atoms with Crippen LogP contribution >= 0.6 is 0 Å². The summed E-state index contributed by atoms with van der Waals surface area (Å²) in [6, 6.07) is 15.2. The maximum atomic E-state index is 12.9. The van der Waals surface area contributed by atoms with E-state index in [1.165, 1.54) is 36.4 Å². The van der Waals surface area contributed by atoms with E-state index in [9.17, 15) is 17.6 Å². The minimum Gasteiger partial charge on any atom is -0.457 e. The van der Waals surface area contributed by atoms with Crippen LogP contribution in [0.5, 0.6) is 11.5 Å². The Balaban J connectivity index is 1.32. The number of amides is 1. The van der Waals surface area contributed by atoms with Gasteiger partial charge in [-0.2, -0.15) is 0 Å². The maximum absolute atomic E-state index is 12.9. The monoisotopic (exact) mass is 430 g/mol. The molecule has 0 bridgehead atoms. The molecule has 0 radical (unpaired) electrons. The van der Waals surface area contributed by atoms with Crippen LogP contribution in [0.4, 0.5) is 4.39 Å². The lowest BCUT2D eigenvalue weighted by Crippen LogP contribution is -2.25. The van der Waals surface area contributed by atoms with Gasteiger partial charge in [0, 0.05) is 12.6 Å². The van der Waals surface area contributed by atoms with Gasteiger partial charge < -0.3 is 14.5 Å². The zero-order valence-corrected chi connectivity index (χ0v) is 16.6. The number of rotatable bonds is 8. The number of furan rings is 1. The average molecular weight is 430 g/mol. The van der Waals surface area contributed by atoms with Crippen molar-refractivity contribution in [1.82, 2.24) is 10.0 Å². The molecule has 0 aliphatic heterocycles. The number of nitrogens with one attached hydrogen (secondary N) is 2. The molecule has 0 unspecified atom stereocenters. The second kappa shape index (κ2) is 8.29. The molecule has 4 rings (SSSR count). The zero-order valence-electron chi connectivity index (χ0n) is 15.8. The standard InChI is InChI=1S/C21H19FN2O5S/c22-15-3-9-18(10-4-15)28-17-7-1-14(2-8-17)13-23-21(25)19-11-12-20(29-19)30(26,27)24-16-5-6-16/h1-4,7-12,16,24H,5-6,13H2,(H,23,25). The molecule has 2 N–H and O–H groups in total. The molecular formula is C21H19FN2O5S. The Hall–Kier alpha value is -3.17. The number of sulfonamides is 1. The Morgan fingerprint density at radius 3 is 2.27 bits per heavy atom. The van der Waals surface area contributed by atoms with Gasteiger partial charge in [-0.25, -0.2) is 17.5 Å². The van der Waals surface area contributed by atoms with Crippen LogP contribution in [0.25, 0.3) is 0 Å². The molecular weight excluding hydrogens is 411 g/mol. The first kappa shape index (κ1) is 20.1. The summed E-state index contributed by atoms with van der Waals surface area (Å²) in [5, 5.41) is 2.40. The lowest BCUT2D eigenvalue weighted by atomic mass is 10.2. The highest BCUT2D eigenvalue weighted by Crippen LogP contribution is 2.24. The summed E-state index contributed by atoms with van der Waals surface area (Å²) in [5.74, 6) is 0.142. The number of halogens is 1. The molecule has 0 atom stereocenters. The van der Waals surface area contributed by atoms with Crippen LogP contribution in [0, 0.1) is 5.82 Å². The number of carbonyl (C=O) groups excluding carboxylic acids is 1. The quantitative estimate of drug-likeness (QED) is 0.569. The summed E-state index contributed by atoms with van der Waals surface area (Å²) in [6.07, 6.45) is 1.61. The Kier molecular flexibility index (Phi) is 5.56. The molecule has 7 nitrogen and oxygen atoms in total. The summed E-state index contributed by atoms with van der Waals surface area (Å²) < 4.78 is 50.5. The van der Waals surface area contributed by atoms with Crippen molar-refractivity contribution in [2.75, 3.05) is 0 Å². The number of ether oxygens (including phenoxy) is 1. The molecule has 3 aromatic rings. The lowest BCUT2D eigenvalue weighted by molar-refractivity contribution is 0.0918. The summed E-state index contributed by atoms with van der Waals surface area (Å²) in [7, 11) is -3.74. The first-order valence-electron chi connectivity index (χ1n) is 9.32. The van der Waals surface area contributed by atoms with Crippen molar-refractivity contribution < 1.29 is 26.8 Å². The van der Waals surface area contributed by atoms with E-state index in [-0.39, 0.29) is 29.3 Å². The molecule has 1 amide bonds. The molecule has 1 aliphatic rings. The lowest BCUT2D eigenvalue weighted by Gasteiger charge is -2.07. The van der Waals surface area contributed by atoms with Crippen LogP contribution in [-0.4, -0.2) is 20.4 Å². The normalized spacial score (nSPS) is 13.8. The minimum absolute atomic E-state index is 0.0487. The smallest absolute Gasteiger partial charge is 0.287 e. The van der Waals surface area contributed by atoms with E-state index in [1.807, 2.05) is 0 Å². The Morgan fingerprint density at radius 1 is 1.00 bits per heavy atom. The van der Waals surface area contributed by atoms with Crippen molar-refractivity contribution in [3.63, 3.8) is 0 Å². The largest absolute Gasteiger partial charge is 0.457 e. The van der Waals surface area contributed by atoms with Crippen LogP contribution < -0.4 is 14.8 Å². The Bertz CT molecular complexity index is 1140. The van der Waals surface area contributed by atoms with Gasteiger partial charge in [0.15, 0.2) is 5.76 Å². The molecule has 0 spiro atoms. The van der Waals surface area contributed by atoms with Crippen LogP contribution in [0.3, 0.4) is 0 Å². The third-order valence-electron chi connectivity index (χ3n) is 4.39. The number of hydrogen-bond acceptors (Lipinski definition) is 5. The second-order valence-electron chi connectivity index (χ2n) is 6.90. The van der Waals surface area contributed by atoms with Crippen molar-refractivity contribution in [3.8, 4) is 11.5 Å². The van der Waals surface area contributed by atoms with Gasteiger partial charge in [-0.3, -0.25) is 4.79 Å². The van der Waals surface area contributed by atoms with Crippen molar-refractivity contribution in [2.45, 2.75) is 30.5 Å². The third kappa shape index (κ3) is 5.05. The van der Waals surface area contributed by atoms with Crippen LogP contribution in [0.2, 0.25) is 0 Å². The van der Waals surface area contributed by atoms with Gasteiger partial charge in [-0.1, -0.05) is 12.1 Å². The predicted molar refractivity (Wildman–Crippen MR) is 106 cm³/mol. The fourth-order valence-electron chi connectivity index (χ4n) is 2.65. The average Bonchev–Trinajstić information content (AvgIpc) is 3.38. The molecule has 0 saturated heterocycles. The van der Waals surface area contributed by atoms with Crippen LogP contribution in [0.15, 0.2) is 70.2 Å². The van der Waals surface area contributed by atoms with E-state index >= 15 is 0 Å². The van der Waals surface area contributed by atoms with Crippen molar-refractivity contribution in [2.24, 2.45) is 0 Å². The fourth-order valence-corrected chi connectivity index (χ4v) is 3.89. The molecule has 30 heavy (non-hydrogen) atoms. The van der Waals surface area contributed by atoms with Crippen molar-refractivity contribution in [3.05, 3.63) is 77.8 Å². The third-order valence-corrected chi connectivity index (χ3v) is 5.79. The molecule has 2 aromatic carbocycles. The molecule has 1 fully saturated rings. The summed E-state index contributed by atoms with van der Waals surface area (Å²) in [5.41, 5.74) is 0.810. The van der Waals surface area contributed by atoms with Gasteiger partial charge in [0.1, 0.15) is 17.3 Å². The first-order chi connectivity index (χ1) is 14.4. The van der Waals surface area contributed by atoms with Gasteiger partial charge in [0.05, 0.1) is 0 Å². The van der Waals surface area contributed by atoms with E-state index in [2.05, 4.69) is 10.0 Å². The highest BCUT2D eigenvalue weighted by Gasteiger charge is 2.30. The van der Waals surface area contributed by atoms with E-state index in [0.717, 1.165) is 18.4 Å². The summed E-state index contributed by atoms with van der Waals surface area (Å²) in [4.78, 5) is 12.3. The molecule has 1 aromatic heterocycles. The van der Waals surface area contributed by atoms with Gasteiger partial charge in [-0.05, 0) is 66.9 Å². The molecule has 156 valence electrons. The zero-order chi connectivity index (χ0) is 21.1. The van der Waals surface area contributed by atoms with Crippen molar-refractivity contribution >= 4 is 15.9 Å². The van der Waals surface area contributed by atoms with E-state index in [1.54, 1.807) is 24.3 Å². The van der Waals surface area contributed by atoms with Crippen LogP contribution in [0.1, 0.15) is 29.0 Å². The van der Waals surface area contributed by atoms with Gasteiger partial charge >= 0.3 is 0 Å². The Labute approximate surface area is 172 Å². The molecule has 1 heterocycles. The van der Waals surface area contributed by atoms with E-state index < -0.39 is 15.9 Å². The fraction of sp³-hybridized carbons (Fsp3) is 0.190. The SMILES string of the molecule is O=C(NCc1ccc(Oc2ccc(F)cc2)cc1)c1ccc(S(=O)(=O)NC2CC2)o1. The number of carbonyl (C=O) groups is 1. The highest BCUT2D eigenvalue weighted by molar-refractivity contribution is 7.89. The number of benzene rings is 2. The van der Waals surface area contributed by atoms with E-state index in [4.69, 9.17) is 9.15 Å². The minimum atomic E-state index is -3.74. The highest BCUT2D eigenvalue weighted by atomic mass is 32.2. The maximum Gasteiger partial charge on any atom is 0.287 e. The van der Waals surface area contributed by atoms with Gasteiger partial charge in [0.2, 0.25) is 5.09 Å². The van der Waals surface area contributed by atoms with E-state index in [0.29, 0.717) is 11.5 Å². The molecule has 9 heteroatoms. The van der Waals surface area contributed by atoms with Crippen LogP contribution in [-0.2, 0) is 16.6 Å². The number of hydrogen-bond donors (Lipinski definition) is 2. The summed E-state index contributed by atoms with van der Waals surface area (Å²) >= 11 is 0.